The molecular weight excluding hydrogens is 322 g/mol. The number of anilines is 2. The lowest BCUT2D eigenvalue weighted by Gasteiger charge is -2.04. The summed E-state index contributed by atoms with van der Waals surface area (Å²) in [5.74, 6) is 0.811. The first-order valence-electron chi connectivity index (χ1n) is 7.78. The molecule has 0 unspecified atom stereocenters. The summed E-state index contributed by atoms with van der Waals surface area (Å²) in [6.45, 7) is 2.02. The topological polar surface area (TPSA) is 83.2 Å². The molecule has 2 heterocycles. The van der Waals surface area contributed by atoms with Crippen molar-refractivity contribution in [2.75, 3.05) is 19.0 Å². The highest BCUT2D eigenvalue weighted by Crippen LogP contribution is 2.23. The van der Waals surface area contributed by atoms with Crippen molar-refractivity contribution in [2.24, 2.45) is 7.05 Å². The van der Waals surface area contributed by atoms with Crippen molar-refractivity contribution < 1.29 is 14.3 Å². The molecule has 0 saturated heterocycles. The smallest absolute Gasteiger partial charge is 0.361 e. The largest absolute Gasteiger partial charge is 0.497 e. The van der Waals surface area contributed by atoms with E-state index in [2.05, 4.69) is 15.5 Å². The molecule has 0 atom stereocenters. The highest BCUT2D eigenvalue weighted by Gasteiger charge is 2.19. The summed E-state index contributed by atoms with van der Waals surface area (Å²) in [6.07, 6.45) is 3.52. The van der Waals surface area contributed by atoms with Crippen LogP contribution < -0.4 is 10.1 Å². The van der Waals surface area contributed by atoms with Crippen LogP contribution in [0.2, 0.25) is 0 Å². The molecule has 0 amide bonds. The number of ether oxygens (including phenoxy) is 2. The molecule has 8 heteroatoms. The first-order chi connectivity index (χ1) is 12.1. The van der Waals surface area contributed by atoms with Gasteiger partial charge in [0.2, 0.25) is 0 Å². The van der Waals surface area contributed by atoms with E-state index in [9.17, 15) is 4.79 Å². The molecule has 0 aliphatic carbocycles. The number of rotatable bonds is 6. The summed E-state index contributed by atoms with van der Waals surface area (Å²) >= 11 is 0. The molecule has 1 N–H and O–H groups in total. The zero-order valence-electron chi connectivity index (χ0n) is 14.3. The third kappa shape index (κ3) is 3.63. The number of benzene rings is 1. The van der Waals surface area contributed by atoms with Crippen LogP contribution in [-0.4, -0.2) is 39.2 Å². The highest BCUT2D eigenvalue weighted by atomic mass is 16.5. The van der Waals surface area contributed by atoms with E-state index in [0.29, 0.717) is 17.3 Å². The van der Waals surface area contributed by atoms with E-state index in [0.717, 1.165) is 5.69 Å². The van der Waals surface area contributed by atoms with Crippen LogP contribution in [0.25, 0.3) is 5.69 Å². The number of carbonyl (C=O) groups excluding carboxylic acids is 1. The Labute approximate surface area is 145 Å². The van der Waals surface area contributed by atoms with Gasteiger partial charge in [-0.1, -0.05) is 6.07 Å². The Morgan fingerprint density at radius 3 is 2.80 bits per heavy atom. The van der Waals surface area contributed by atoms with Gasteiger partial charge in [0.15, 0.2) is 11.5 Å². The average Bonchev–Trinajstić information content (AvgIpc) is 3.22. The number of nitrogens with one attached hydrogen (secondary N) is 1. The molecule has 1 aromatic carbocycles. The van der Waals surface area contributed by atoms with Gasteiger partial charge in [-0.05, 0) is 19.1 Å². The van der Waals surface area contributed by atoms with Crippen molar-refractivity contribution in [1.82, 2.24) is 19.6 Å². The van der Waals surface area contributed by atoms with E-state index < -0.39 is 5.97 Å². The molecule has 0 fully saturated rings. The van der Waals surface area contributed by atoms with Gasteiger partial charge in [0.05, 0.1) is 31.3 Å². The van der Waals surface area contributed by atoms with E-state index in [-0.39, 0.29) is 12.3 Å². The van der Waals surface area contributed by atoms with E-state index in [4.69, 9.17) is 9.47 Å². The van der Waals surface area contributed by atoms with Gasteiger partial charge in [-0.2, -0.15) is 10.2 Å². The monoisotopic (exact) mass is 341 g/mol. The molecule has 2 aromatic heterocycles. The van der Waals surface area contributed by atoms with Gasteiger partial charge in [-0.25, -0.2) is 9.48 Å². The first kappa shape index (κ1) is 16.6. The second kappa shape index (κ2) is 7.08. The van der Waals surface area contributed by atoms with Gasteiger partial charge in [-0.3, -0.25) is 4.68 Å². The molecular formula is C17H19N5O3. The predicted octanol–water partition coefficient (Wildman–Crippen LogP) is 2.53. The number of hydrogen-bond donors (Lipinski definition) is 1. The number of esters is 1. The fourth-order valence-corrected chi connectivity index (χ4v) is 2.32. The molecule has 0 aliphatic heterocycles. The molecule has 3 rings (SSSR count). The van der Waals surface area contributed by atoms with Crippen molar-refractivity contribution in [2.45, 2.75) is 6.92 Å². The van der Waals surface area contributed by atoms with Crippen LogP contribution in [0, 0.1) is 0 Å². The lowest BCUT2D eigenvalue weighted by atomic mass is 10.3. The van der Waals surface area contributed by atoms with E-state index in [1.165, 1.54) is 0 Å². The quantitative estimate of drug-likeness (QED) is 0.694. The van der Waals surface area contributed by atoms with E-state index in [1.54, 1.807) is 41.9 Å². The van der Waals surface area contributed by atoms with Crippen molar-refractivity contribution in [3.8, 4) is 11.4 Å². The number of aryl methyl sites for hydroxylation is 1. The maximum absolute atomic E-state index is 12.2. The number of nitrogens with zero attached hydrogens (tertiary/aromatic N) is 4. The number of hydrogen-bond acceptors (Lipinski definition) is 6. The zero-order valence-corrected chi connectivity index (χ0v) is 14.3. The third-order valence-electron chi connectivity index (χ3n) is 3.48. The second-order valence-corrected chi connectivity index (χ2v) is 5.26. The van der Waals surface area contributed by atoms with Crippen LogP contribution in [0.3, 0.4) is 0 Å². The molecule has 0 aliphatic rings. The second-order valence-electron chi connectivity index (χ2n) is 5.26. The summed E-state index contributed by atoms with van der Waals surface area (Å²) in [6, 6.07) is 9.19. The first-order valence-corrected chi connectivity index (χ1v) is 7.78. The molecule has 25 heavy (non-hydrogen) atoms. The van der Waals surface area contributed by atoms with Gasteiger partial charge in [0.25, 0.3) is 0 Å². The lowest BCUT2D eigenvalue weighted by molar-refractivity contribution is 0.0520. The standard InChI is InChI=1S/C17H19N5O3/c1-4-25-17(23)16-14(18-15-8-9-21(2)19-15)11-22(20-16)12-6-5-7-13(10-12)24-3/h5-11H,4H2,1-3H3,(H,18,19). The Hall–Kier alpha value is -3.29. The molecule has 0 radical (unpaired) electrons. The van der Waals surface area contributed by atoms with Gasteiger partial charge in [0.1, 0.15) is 5.75 Å². The average molecular weight is 341 g/mol. The summed E-state index contributed by atoms with van der Waals surface area (Å²) in [4.78, 5) is 12.2. The molecule has 0 spiro atoms. The molecule has 130 valence electrons. The Balaban J connectivity index is 1.99. The Bertz CT molecular complexity index is 884. The minimum Gasteiger partial charge on any atom is -0.497 e. The van der Waals surface area contributed by atoms with Crippen LogP contribution in [0.5, 0.6) is 5.75 Å². The van der Waals surface area contributed by atoms with Gasteiger partial charge in [0, 0.05) is 25.4 Å². The van der Waals surface area contributed by atoms with Crippen LogP contribution in [0.4, 0.5) is 11.5 Å². The Morgan fingerprint density at radius 2 is 2.12 bits per heavy atom. The fraction of sp³-hybridized carbons (Fsp3) is 0.235. The van der Waals surface area contributed by atoms with Crippen molar-refractivity contribution in [3.63, 3.8) is 0 Å². The lowest BCUT2D eigenvalue weighted by Crippen LogP contribution is -2.08. The van der Waals surface area contributed by atoms with Gasteiger partial charge < -0.3 is 14.8 Å². The van der Waals surface area contributed by atoms with Crippen LogP contribution in [0.15, 0.2) is 42.7 Å². The predicted molar refractivity (Wildman–Crippen MR) is 92.6 cm³/mol. The number of aromatic nitrogens is 4. The van der Waals surface area contributed by atoms with Gasteiger partial charge >= 0.3 is 5.97 Å². The zero-order chi connectivity index (χ0) is 17.8. The molecule has 3 aromatic rings. The van der Waals surface area contributed by atoms with Crippen molar-refractivity contribution in [1.29, 1.82) is 0 Å². The van der Waals surface area contributed by atoms with Crippen LogP contribution >= 0.6 is 0 Å². The number of carbonyl (C=O) groups is 1. The Kier molecular flexibility index (Phi) is 4.69. The van der Waals surface area contributed by atoms with Crippen LogP contribution in [-0.2, 0) is 11.8 Å². The molecule has 8 nitrogen and oxygen atoms in total. The number of methoxy groups -OCH3 is 1. The highest BCUT2D eigenvalue weighted by molar-refractivity contribution is 5.94. The van der Waals surface area contributed by atoms with E-state index >= 15 is 0 Å². The fourth-order valence-electron chi connectivity index (χ4n) is 2.32. The third-order valence-corrected chi connectivity index (χ3v) is 3.48. The molecule has 0 bridgehead atoms. The maximum atomic E-state index is 12.2. The summed E-state index contributed by atoms with van der Waals surface area (Å²) in [7, 11) is 3.41. The summed E-state index contributed by atoms with van der Waals surface area (Å²) in [5.41, 5.74) is 1.47. The van der Waals surface area contributed by atoms with E-state index in [1.807, 2.05) is 31.3 Å². The summed E-state index contributed by atoms with van der Waals surface area (Å²) in [5, 5.41) is 11.7. The SMILES string of the molecule is CCOC(=O)c1nn(-c2cccc(OC)c2)cc1Nc1ccn(C)n1. The molecule has 0 saturated carbocycles. The minimum atomic E-state index is -0.498. The maximum Gasteiger partial charge on any atom is 0.361 e. The van der Waals surface area contributed by atoms with Crippen LogP contribution in [0.1, 0.15) is 17.4 Å². The Morgan fingerprint density at radius 1 is 1.28 bits per heavy atom. The van der Waals surface area contributed by atoms with Crippen molar-refractivity contribution >= 4 is 17.5 Å². The van der Waals surface area contributed by atoms with Crippen molar-refractivity contribution in [3.05, 3.63) is 48.4 Å². The van der Waals surface area contributed by atoms with Gasteiger partial charge in [-0.15, -0.1) is 0 Å². The minimum absolute atomic E-state index is 0.190. The normalized spacial score (nSPS) is 10.5. The summed E-state index contributed by atoms with van der Waals surface area (Å²) < 4.78 is 13.6.